The van der Waals surface area contributed by atoms with Crippen LogP contribution in [0.15, 0.2) is 29.0 Å². The van der Waals surface area contributed by atoms with E-state index < -0.39 is 0 Å². The zero-order chi connectivity index (χ0) is 13.1. The zero-order valence-corrected chi connectivity index (χ0v) is 11.3. The Labute approximate surface area is 117 Å². The van der Waals surface area contributed by atoms with Gasteiger partial charge >= 0.3 is 0 Å². The molecule has 7 heteroatoms. The van der Waals surface area contributed by atoms with Gasteiger partial charge in [0.05, 0.1) is 11.3 Å². The van der Waals surface area contributed by atoms with E-state index in [0.29, 0.717) is 17.1 Å². The summed E-state index contributed by atoms with van der Waals surface area (Å²) in [4.78, 5) is 7.74. The minimum absolute atomic E-state index is 0.183. The van der Waals surface area contributed by atoms with Crippen molar-refractivity contribution < 1.29 is 0 Å². The first kappa shape index (κ1) is 12.6. The smallest absolute Gasteiger partial charge is 0.154 e. The standard InChI is InChI=1S/C11H7BrClN5/c12-7-2-1-6(4-14)8(3-7)18-11-9(13)10(15)16-5-17-11/h1-3,5H,(H3,15,16,17,18). The molecule has 2 aromatic rings. The Balaban J connectivity index is 2.43. The van der Waals surface area contributed by atoms with Gasteiger partial charge in [-0.05, 0) is 18.2 Å². The van der Waals surface area contributed by atoms with Crippen molar-refractivity contribution in [1.82, 2.24) is 9.97 Å². The number of aromatic nitrogens is 2. The van der Waals surface area contributed by atoms with Crippen molar-refractivity contribution in [2.75, 3.05) is 11.1 Å². The van der Waals surface area contributed by atoms with Gasteiger partial charge in [-0.3, -0.25) is 0 Å². The first-order valence-electron chi connectivity index (χ1n) is 4.84. The quantitative estimate of drug-likeness (QED) is 0.886. The second kappa shape index (κ2) is 5.21. The predicted molar refractivity (Wildman–Crippen MR) is 73.6 cm³/mol. The van der Waals surface area contributed by atoms with E-state index in [1.807, 2.05) is 0 Å². The van der Waals surface area contributed by atoms with E-state index in [1.165, 1.54) is 6.33 Å². The monoisotopic (exact) mass is 323 g/mol. The Morgan fingerprint density at radius 2 is 2.17 bits per heavy atom. The van der Waals surface area contributed by atoms with Gasteiger partial charge in [0.2, 0.25) is 0 Å². The van der Waals surface area contributed by atoms with Crippen LogP contribution in [-0.2, 0) is 0 Å². The van der Waals surface area contributed by atoms with Crippen molar-refractivity contribution in [1.29, 1.82) is 5.26 Å². The van der Waals surface area contributed by atoms with Gasteiger partial charge in [-0.1, -0.05) is 27.5 Å². The van der Waals surface area contributed by atoms with Crippen molar-refractivity contribution in [2.45, 2.75) is 0 Å². The summed E-state index contributed by atoms with van der Waals surface area (Å²) in [6.07, 6.45) is 1.30. The molecule has 18 heavy (non-hydrogen) atoms. The van der Waals surface area contributed by atoms with E-state index in [4.69, 9.17) is 22.6 Å². The topological polar surface area (TPSA) is 87.6 Å². The Morgan fingerprint density at radius 3 is 2.89 bits per heavy atom. The number of halogens is 2. The van der Waals surface area contributed by atoms with Gasteiger partial charge in [0.15, 0.2) is 5.82 Å². The molecule has 0 spiro atoms. The van der Waals surface area contributed by atoms with Crippen LogP contribution in [-0.4, -0.2) is 9.97 Å². The molecule has 0 radical (unpaired) electrons. The van der Waals surface area contributed by atoms with Gasteiger partial charge in [0.1, 0.15) is 23.2 Å². The SMILES string of the molecule is N#Cc1ccc(Br)cc1Nc1ncnc(N)c1Cl. The van der Waals surface area contributed by atoms with Gasteiger partial charge in [-0.25, -0.2) is 9.97 Å². The number of rotatable bonds is 2. The summed E-state index contributed by atoms with van der Waals surface area (Å²) in [5.74, 6) is 0.543. The second-order valence-electron chi connectivity index (χ2n) is 3.35. The summed E-state index contributed by atoms with van der Waals surface area (Å²) < 4.78 is 0.835. The summed E-state index contributed by atoms with van der Waals surface area (Å²) in [7, 11) is 0. The van der Waals surface area contributed by atoms with Gasteiger partial charge in [0, 0.05) is 4.47 Å². The average Bonchev–Trinajstić information content (AvgIpc) is 2.35. The predicted octanol–water partition coefficient (Wildman–Crippen LogP) is 3.09. The molecule has 2 rings (SSSR count). The largest absolute Gasteiger partial charge is 0.382 e. The first-order valence-corrected chi connectivity index (χ1v) is 6.01. The molecule has 3 N–H and O–H groups in total. The maximum absolute atomic E-state index is 9.02. The number of nitriles is 1. The van der Waals surface area contributed by atoms with E-state index in [-0.39, 0.29) is 10.8 Å². The third kappa shape index (κ3) is 2.53. The van der Waals surface area contributed by atoms with Gasteiger partial charge in [-0.15, -0.1) is 0 Å². The third-order valence-corrected chi connectivity index (χ3v) is 3.04. The van der Waals surface area contributed by atoms with Crippen LogP contribution >= 0.6 is 27.5 Å². The second-order valence-corrected chi connectivity index (χ2v) is 4.64. The molecule has 0 fully saturated rings. The number of anilines is 3. The van der Waals surface area contributed by atoms with Crippen LogP contribution in [0.3, 0.4) is 0 Å². The number of benzene rings is 1. The molecule has 0 saturated carbocycles. The molecule has 5 nitrogen and oxygen atoms in total. The molecule has 90 valence electrons. The number of nitrogen functional groups attached to an aromatic ring is 1. The van der Waals surface area contributed by atoms with Crippen molar-refractivity contribution in [2.24, 2.45) is 0 Å². The maximum atomic E-state index is 9.02. The molecule has 1 aromatic carbocycles. The Bertz CT molecular complexity index is 638. The zero-order valence-electron chi connectivity index (χ0n) is 8.98. The van der Waals surface area contributed by atoms with Crippen molar-refractivity contribution in [3.63, 3.8) is 0 Å². The van der Waals surface area contributed by atoms with Crippen LogP contribution in [0.4, 0.5) is 17.3 Å². The fourth-order valence-electron chi connectivity index (χ4n) is 1.32. The minimum atomic E-state index is 0.183. The highest BCUT2D eigenvalue weighted by atomic mass is 79.9. The third-order valence-electron chi connectivity index (χ3n) is 2.17. The van der Waals surface area contributed by atoms with Crippen LogP contribution in [0.1, 0.15) is 5.56 Å². The molecule has 0 aliphatic rings. The Hall–Kier alpha value is -1.84. The lowest BCUT2D eigenvalue weighted by Crippen LogP contribution is -2.01. The minimum Gasteiger partial charge on any atom is -0.382 e. The molecule has 1 heterocycles. The molecule has 0 amide bonds. The van der Waals surface area contributed by atoms with E-state index in [0.717, 1.165) is 4.47 Å². The molecule has 0 aliphatic carbocycles. The van der Waals surface area contributed by atoms with Crippen LogP contribution in [0.5, 0.6) is 0 Å². The summed E-state index contributed by atoms with van der Waals surface area (Å²) in [6, 6.07) is 7.30. The molecular formula is C11H7BrClN5. The molecule has 0 unspecified atom stereocenters. The highest BCUT2D eigenvalue weighted by molar-refractivity contribution is 9.10. The molecule has 0 aliphatic heterocycles. The lowest BCUT2D eigenvalue weighted by atomic mass is 10.2. The Morgan fingerprint density at radius 1 is 1.39 bits per heavy atom. The molecule has 0 saturated heterocycles. The average molecular weight is 325 g/mol. The molecular weight excluding hydrogens is 318 g/mol. The van der Waals surface area contributed by atoms with E-state index in [9.17, 15) is 0 Å². The van der Waals surface area contributed by atoms with E-state index >= 15 is 0 Å². The lowest BCUT2D eigenvalue weighted by molar-refractivity contribution is 1.17. The van der Waals surface area contributed by atoms with Gasteiger partial charge in [-0.2, -0.15) is 5.26 Å². The number of nitrogens with one attached hydrogen (secondary N) is 1. The van der Waals surface area contributed by atoms with Crippen molar-refractivity contribution in [3.05, 3.63) is 39.6 Å². The number of hydrogen-bond donors (Lipinski definition) is 2. The highest BCUT2D eigenvalue weighted by Crippen LogP contribution is 2.29. The van der Waals surface area contributed by atoms with Crippen LogP contribution in [0.2, 0.25) is 5.02 Å². The van der Waals surface area contributed by atoms with E-state index in [2.05, 4.69) is 37.3 Å². The van der Waals surface area contributed by atoms with E-state index in [1.54, 1.807) is 18.2 Å². The van der Waals surface area contributed by atoms with Crippen LogP contribution in [0.25, 0.3) is 0 Å². The highest BCUT2D eigenvalue weighted by Gasteiger charge is 2.09. The fraction of sp³-hybridized carbons (Fsp3) is 0. The number of nitrogens with zero attached hydrogens (tertiary/aromatic N) is 3. The van der Waals surface area contributed by atoms with Gasteiger partial charge < -0.3 is 11.1 Å². The maximum Gasteiger partial charge on any atom is 0.154 e. The summed E-state index contributed by atoms with van der Waals surface area (Å²) in [6.45, 7) is 0. The number of hydrogen-bond acceptors (Lipinski definition) is 5. The van der Waals surface area contributed by atoms with Crippen molar-refractivity contribution >= 4 is 44.9 Å². The fourth-order valence-corrected chi connectivity index (χ4v) is 1.82. The summed E-state index contributed by atoms with van der Waals surface area (Å²) >= 11 is 9.30. The van der Waals surface area contributed by atoms with Gasteiger partial charge in [0.25, 0.3) is 0 Å². The van der Waals surface area contributed by atoms with Crippen LogP contribution < -0.4 is 11.1 Å². The lowest BCUT2D eigenvalue weighted by Gasteiger charge is -2.09. The molecule has 1 aromatic heterocycles. The first-order chi connectivity index (χ1) is 8.61. The number of nitrogens with two attached hydrogens (primary N) is 1. The molecule has 0 bridgehead atoms. The normalized spacial score (nSPS) is 9.83. The van der Waals surface area contributed by atoms with Crippen LogP contribution in [0, 0.1) is 11.3 Å². The summed E-state index contributed by atoms with van der Waals surface area (Å²) in [5, 5.41) is 12.2. The molecule has 0 atom stereocenters. The summed E-state index contributed by atoms with van der Waals surface area (Å²) in [5.41, 5.74) is 6.65. The van der Waals surface area contributed by atoms with Crippen molar-refractivity contribution in [3.8, 4) is 6.07 Å². The Kier molecular flexibility index (Phi) is 3.65.